The SMILES string of the molecule is Cc1ccc(-c2nc(-c3ccc(C)cc3C)nc(-c3ccc(OCC(N)=O)cc3O)n2)c(C)c1. The monoisotopic (exact) mass is 454 g/mol. The van der Waals surface area contributed by atoms with E-state index in [4.69, 9.17) is 25.4 Å². The molecule has 172 valence electrons. The van der Waals surface area contributed by atoms with Gasteiger partial charge in [-0.05, 0) is 51.0 Å². The highest BCUT2D eigenvalue weighted by atomic mass is 16.5. The van der Waals surface area contributed by atoms with Crippen LogP contribution in [0.25, 0.3) is 34.2 Å². The quantitative estimate of drug-likeness (QED) is 0.438. The average Bonchev–Trinajstić information content (AvgIpc) is 2.77. The molecule has 0 aliphatic carbocycles. The van der Waals surface area contributed by atoms with Gasteiger partial charge >= 0.3 is 0 Å². The maximum atomic E-state index is 11.0. The Morgan fingerprint density at radius 3 is 1.68 bits per heavy atom. The summed E-state index contributed by atoms with van der Waals surface area (Å²) >= 11 is 0. The molecule has 1 aromatic heterocycles. The number of benzene rings is 3. The standard InChI is InChI=1S/C27H26N4O3/c1-15-5-8-20(17(3)11-15)25-29-26(21-9-6-16(2)12-18(21)4)31-27(30-25)22-10-7-19(13-23(22)32)34-14-24(28)33/h5-13,32H,14H2,1-4H3,(H2,28,33). The number of phenolic OH excluding ortho intramolecular Hbond substituents is 1. The number of nitrogens with zero attached hydrogens (tertiary/aromatic N) is 3. The van der Waals surface area contributed by atoms with Gasteiger partial charge in [0.15, 0.2) is 24.1 Å². The zero-order chi connectivity index (χ0) is 24.4. The van der Waals surface area contributed by atoms with Crippen LogP contribution in [-0.2, 0) is 4.79 Å². The third kappa shape index (κ3) is 4.88. The number of carbonyl (C=O) groups is 1. The maximum Gasteiger partial charge on any atom is 0.255 e. The summed E-state index contributed by atoms with van der Waals surface area (Å²) in [5.41, 5.74) is 11.7. The van der Waals surface area contributed by atoms with E-state index in [1.165, 1.54) is 6.07 Å². The normalized spacial score (nSPS) is 10.8. The van der Waals surface area contributed by atoms with E-state index in [1.54, 1.807) is 12.1 Å². The molecule has 0 fully saturated rings. The van der Waals surface area contributed by atoms with Crippen molar-refractivity contribution in [2.24, 2.45) is 5.73 Å². The third-order valence-corrected chi connectivity index (χ3v) is 5.47. The number of ether oxygens (including phenoxy) is 1. The van der Waals surface area contributed by atoms with E-state index in [0.29, 0.717) is 28.8 Å². The molecule has 3 N–H and O–H groups in total. The van der Waals surface area contributed by atoms with Crippen molar-refractivity contribution in [2.45, 2.75) is 27.7 Å². The molecule has 0 aliphatic rings. The largest absolute Gasteiger partial charge is 0.507 e. The van der Waals surface area contributed by atoms with Crippen molar-refractivity contribution < 1.29 is 14.6 Å². The minimum Gasteiger partial charge on any atom is -0.507 e. The number of hydrogen-bond acceptors (Lipinski definition) is 6. The van der Waals surface area contributed by atoms with Gasteiger partial charge in [-0.15, -0.1) is 0 Å². The number of hydrogen-bond donors (Lipinski definition) is 2. The number of carbonyl (C=O) groups excluding carboxylic acids is 1. The zero-order valence-corrected chi connectivity index (χ0v) is 19.6. The van der Waals surface area contributed by atoms with Crippen molar-refractivity contribution >= 4 is 5.91 Å². The van der Waals surface area contributed by atoms with E-state index in [0.717, 1.165) is 33.4 Å². The molecule has 1 amide bonds. The molecule has 0 unspecified atom stereocenters. The fourth-order valence-corrected chi connectivity index (χ4v) is 3.81. The highest BCUT2D eigenvalue weighted by Gasteiger charge is 2.17. The Kier molecular flexibility index (Phi) is 6.27. The molecule has 34 heavy (non-hydrogen) atoms. The molecule has 0 aliphatic heterocycles. The Bertz CT molecular complexity index is 1330. The van der Waals surface area contributed by atoms with Crippen molar-refractivity contribution in [3.05, 3.63) is 76.9 Å². The molecular weight excluding hydrogens is 428 g/mol. The van der Waals surface area contributed by atoms with Crippen LogP contribution in [0.1, 0.15) is 22.3 Å². The molecule has 1 heterocycles. The minimum atomic E-state index is -0.600. The number of aromatic nitrogens is 3. The van der Waals surface area contributed by atoms with Crippen LogP contribution in [0.3, 0.4) is 0 Å². The van der Waals surface area contributed by atoms with Gasteiger partial charge < -0.3 is 15.6 Å². The topological polar surface area (TPSA) is 111 Å². The number of nitrogens with two attached hydrogens (primary N) is 1. The molecule has 3 aromatic carbocycles. The van der Waals surface area contributed by atoms with Gasteiger partial charge in [-0.1, -0.05) is 47.5 Å². The van der Waals surface area contributed by atoms with Crippen LogP contribution in [0.5, 0.6) is 11.5 Å². The van der Waals surface area contributed by atoms with Crippen molar-refractivity contribution in [1.82, 2.24) is 15.0 Å². The second-order valence-electron chi connectivity index (χ2n) is 8.38. The van der Waals surface area contributed by atoms with Gasteiger partial charge in [-0.3, -0.25) is 4.79 Å². The van der Waals surface area contributed by atoms with Crippen LogP contribution in [0.2, 0.25) is 0 Å². The molecule has 0 bridgehead atoms. The average molecular weight is 455 g/mol. The van der Waals surface area contributed by atoms with Crippen LogP contribution in [0, 0.1) is 27.7 Å². The summed E-state index contributed by atoms with van der Waals surface area (Å²) in [5, 5.41) is 10.7. The fourth-order valence-electron chi connectivity index (χ4n) is 3.81. The number of rotatable bonds is 6. The summed E-state index contributed by atoms with van der Waals surface area (Å²) in [7, 11) is 0. The molecule has 0 saturated carbocycles. The smallest absolute Gasteiger partial charge is 0.255 e. The van der Waals surface area contributed by atoms with Crippen molar-refractivity contribution in [1.29, 1.82) is 0 Å². The first kappa shape index (κ1) is 22.9. The molecular formula is C27H26N4O3. The summed E-state index contributed by atoms with van der Waals surface area (Å²) < 4.78 is 5.29. The van der Waals surface area contributed by atoms with E-state index in [9.17, 15) is 9.90 Å². The molecule has 4 rings (SSSR count). The van der Waals surface area contributed by atoms with Crippen molar-refractivity contribution in [2.75, 3.05) is 6.61 Å². The summed E-state index contributed by atoms with van der Waals surface area (Å²) in [6, 6.07) is 16.9. The van der Waals surface area contributed by atoms with Gasteiger partial charge in [0.05, 0.1) is 5.56 Å². The van der Waals surface area contributed by atoms with Gasteiger partial charge in [0.25, 0.3) is 5.91 Å². The van der Waals surface area contributed by atoms with E-state index in [2.05, 4.69) is 12.1 Å². The highest BCUT2D eigenvalue weighted by molar-refractivity contribution is 5.76. The lowest BCUT2D eigenvalue weighted by molar-refractivity contribution is -0.119. The summed E-state index contributed by atoms with van der Waals surface area (Å²) in [4.78, 5) is 25.2. The minimum absolute atomic E-state index is 0.0775. The maximum absolute atomic E-state index is 11.0. The van der Waals surface area contributed by atoms with Crippen LogP contribution in [0.15, 0.2) is 54.6 Å². The summed E-state index contributed by atoms with van der Waals surface area (Å²) in [5.74, 6) is 1.01. The third-order valence-electron chi connectivity index (χ3n) is 5.47. The highest BCUT2D eigenvalue weighted by Crippen LogP contribution is 2.33. The van der Waals surface area contributed by atoms with E-state index >= 15 is 0 Å². The van der Waals surface area contributed by atoms with Gasteiger partial charge in [-0.2, -0.15) is 0 Å². The van der Waals surface area contributed by atoms with E-state index in [-0.39, 0.29) is 12.4 Å². The first-order valence-corrected chi connectivity index (χ1v) is 10.9. The molecule has 0 atom stereocenters. The number of amides is 1. The lowest BCUT2D eigenvalue weighted by Crippen LogP contribution is -2.19. The molecule has 0 saturated heterocycles. The number of aryl methyl sites for hydroxylation is 4. The number of aromatic hydroxyl groups is 1. The van der Waals surface area contributed by atoms with Crippen LogP contribution in [0.4, 0.5) is 0 Å². The lowest BCUT2D eigenvalue weighted by Gasteiger charge is -2.13. The zero-order valence-electron chi connectivity index (χ0n) is 19.6. The summed E-state index contributed by atoms with van der Waals surface area (Å²) in [6.07, 6.45) is 0. The Morgan fingerprint density at radius 2 is 1.24 bits per heavy atom. The van der Waals surface area contributed by atoms with Crippen molar-refractivity contribution in [3.8, 4) is 45.7 Å². The van der Waals surface area contributed by atoms with Crippen molar-refractivity contribution in [3.63, 3.8) is 0 Å². The lowest BCUT2D eigenvalue weighted by atomic mass is 10.0. The second kappa shape index (κ2) is 9.31. The van der Waals surface area contributed by atoms with Crippen LogP contribution >= 0.6 is 0 Å². The predicted molar refractivity (Wildman–Crippen MR) is 131 cm³/mol. The Balaban J connectivity index is 1.88. The van der Waals surface area contributed by atoms with Gasteiger partial charge in [0.2, 0.25) is 0 Å². The number of phenols is 1. The molecule has 7 nitrogen and oxygen atoms in total. The molecule has 7 heteroatoms. The summed E-state index contributed by atoms with van der Waals surface area (Å²) in [6.45, 7) is 7.83. The molecule has 4 aromatic rings. The Morgan fingerprint density at radius 1 is 0.765 bits per heavy atom. The van der Waals surface area contributed by atoms with Gasteiger partial charge in [-0.25, -0.2) is 15.0 Å². The van der Waals surface area contributed by atoms with Crippen LogP contribution < -0.4 is 10.5 Å². The molecule has 0 radical (unpaired) electrons. The Labute approximate surface area is 198 Å². The first-order valence-electron chi connectivity index (χ1n) is 10.9. The number of primary amides is 1. The fraction of sp³-hybridized carbons (Fsp3) is 0.185. The Hall–Kier alpha value is -4.26. The van der Waals surface area contributed by atoms with Gasteiger partial charge in [0.1, 0.15) is 11.5 Å². The van der Waals surface area contributed by atoms with E-state index in [1.807, 2.05) is 52.0 Å². The van der Waals surface area contributed by atoms with E-state index < -0.39 is 5.91 Å². The first-order chi connectivity index (χ1) is 16.2. The van der Waals surface area contributed by atoms with Gasteiger partial charge in [0, 0.05) is 17.2 Å². The van der Waals surface area contributed by atoms with Crippen LogP contribution in [-0.4, -0.2) is 32.6 Å². The second-order valence-corrected chi connectivity index (χ2v) is 8.38. The predicted octanol–water partition coefficient (Wildman–Crippen LogP) is 4.68. The molecule has 0 spiro atoms.